The third kappa shape index (κ3) is 6.68. The SMILES string of the molecule is CCOCc1ccccc1CNC(=O)CNC(C)(C)C. The highest BCUT2D eigenvalue weighted by Crippen LogP contribution is 2.09. The van der Waals surface area contributed by atoms with Crippen LogP contribution in [0.2, 0.25) is 0 Å². The molecular formula is C16H26N2O2. The van der Waals surface area contributed by atoms with Gasteiger partial charge in [-0.25, -0.2) is 0 Å². The van der Waals surface area contributed by atoms with Crippen molar-refractivity contribution in [3.8, 4) is 0 Å². The van der Waals surface area contributed by atoms with E-state index < -0.39 is 0 Å². The van der Waals surface area contributed by atoms with Crippen LogP contribution in [-0.4, -0.2) is 24.6 Å². The summed E-state index contributed by atoms with van der Waals surface area (Å²) in [6.45, 7) is 10.2. The summed E-state index contributed by atoms with van der Waals surface area (Å²) in [4.78, 5) is 11.8. The fourth-order valence-corrected chi connectivity index (χ4v) is 1.68. The van der Waals surface area contributed by atoms with Crippen molar-refractivity contribution in [3.05, 3.63) is 35.4 Å². The topological polar surface area (TPSA) is 50.4 Å². The zero-order valence-corrected chi connectivity index (χ0v) is 13.0. The Morgan fingerprint density at radius 1 is 1.20 bits per heavy atom. The Labute approximate surface area is 121 Å². The molecule has 0 aliphatic rings. The summed E-state index contributed by atoms with van der Waals surface area (Å²) in [5, 5.41) is 6.10. The number of hydrogen-bond donors (Lipinski definition) is 2. The smallest absolute Gasteiger partial charge is 0.234 e. The summed E-state index contributed by atoms with van der Waals surface area (Å²) in [6, 6.07) is 8.02. The molecule has 1 rings (SSSR count). The lowest BCUT2D eigenvalue weighted by Crippen LogP contribution is -2.43. The first-order valence-electron chi connectivity index (χ1n) is 7.08. The van der Waals surface area contributed by atoms with Gasteiger partial charge < -0.3 is 15.4 Å². The third-order valence-corrected chi connectivity index (χ3v) is 2.84. The van der Waals surface area contributed by atoms with Crippen LogP contribution in [0.15, 0.2) is 24.3 Å². The molecule has 1 aromatic carbocycles. The monoisotopic (exact) mass is 278 g/mol. The average Bonchev–Trinajstić information content (AvgIpc) is 2.40. The Morgan fingerprint density at radius 2 is 1.85 bits per heavy atom. The minimum Gasteiger partial charge on any atom is -0.377 e. The molecule has 1 aromatic rings. The van der Waals surface area contributed by atoms with E-state index in [0.29, 0.717) is 26.3 Å². The van der Waals surface area contributed by atoms with Crippen molar-refractivity contribution in [2.45, 2.75) is 46.4 Å². The van der Waals surface area contributed by atoms with Gasteiger partial charge in [0.1, 0.15) is 0 Å². The Kier molecular flexibility index (Phi) is 6.68. The van der Waals surface area contributed by atoms with Gasteiger partial charge in [-0.2, -0.15) is 0 Å². The van der Waals surface area contributed by atoms with Crippen LogP contribution in [0, 0.1) is 0 Å². The summed E-state index contributed by atoms with van der Waals surface area (Å²) in [5.41, 5.74) is 2.17. The standard InChI is InChI=1S/C16H26N2O2/c1-5-20-12-14-9-7-6-8-13(14)10-17-15(19)11-18-16(2,3)4/h6-9,18H,5,10-12H2,1-4H3,(H,17,19). The second kappa shape index (κ2) is 8.02. The van der Waals surface area contributed by atoms with Crippen LogP contribution in [0.5, 0.6) is 0 Å². The molecule has 0 saturated heterocycles. The Balaban J connectivity index is 2.46. The van der Waals surface area contributed by atoms with E-state index in [1.54, 1.807) is 0 Å². The summed E-state index contributed by atoms with van der Waals surface area (Å²) in [5.74, 6) is 0.00568. The third-order valence-electron chi connectivity index (χ3n) is 2.84. The van der Waals surface area contributed by atoms with Gasteiger partial charge in [0, 0.05) is 18.7 Å². The molecule has 0 atom stereocenters. The molecule has 0 radical (unpaired) electrons. The fourth-order valence-electron chi connectivity index (χ4n) is 1.68. The molecule has 20 heavy (non-hydrogen) atoms. The van der Waals surface area contributed by atoms with E-state index in [4.69, 9.17) is 4.74 Å². The van der Waals surface area contributed by atoms with Crippen LogP contribution in [0.25, 0.3) is 0 Å². The molecule has 0 aliphatic carbocycles. The number of rotatable bonds is 7. The van der Waals surface area contributed by atoms with Crippen LogP contribution in [-0.2, 0) is 22.7 Å². The predicted molar refractivity (Wildman–Crippen MR) is 81.4 cm³/mol. The van der Waals surface area contributed by atoms with E-state index in [0.717, 1.165) is 11.1 Å². The first kappa shape index (κ1) is 16.7. The first-order chi connectivity index (χ1) is 9.42. The number of carbonyl (C=O) groups excluding carboxylic acids is 1. The number of hydrogen-bond acceptors (Lipinski definition) is 3. The highest BCUT2D eigenvalue weighted by molar-refractivity contribution is 5.78. The number of amides is 1. The molecule has 0 aliphatic heterocycles. The largest absolute Gasteiger partial charge is 0.377 e. The maximum absolute atomic E-state index is 11.8. The van der Waals surface area contributed by atoms with Crippen molar-refractivity contribution in [2.75, 3.05) is 13.2 Å². The number of benzene rings is 1. The zero-order valence-electron chi connectivity index (χ0n) is 13.0. The molecule has 4 heteroatoms. The van der Waals surface area contributed by atoms with E-state index in [-0.39, 0.29) is 11.4 Å². The van der Waals surface area contributed by atoms with Crippen molar-refractivity contribution in [3.63, 3.8) is 0 Å². The molecule has 0 fully saturated rings. The number of ether oxygens (including phenoxy) is 1. The van der Waals surface area contributed by atoms with Crippen molar-refractivity contribution in [2.24, 2.45) is 0 Å². The van der Waals surface area contributed by atoms with E-state index in [2.05, 4.69) is 10.6 Å². The van der Waals surface area contributed by atoms with Gasteiger partial charge in [0.25, 0.3) is 0 Å². The Hall–Kier alpha value is -1.39. The van der Waals surface area contributed by atoms with E-state index in [9.17, 15) is 4.79 Å². The summed E-state index contributed by atoms with van der Waals surface area (Å²) in [7, 11) is 0. The van der Waals surface area contributed by atoms with Gasteiger partial charge in [-0.15, -0.1) is 0 Å². The van der Waals surface area contributed by atoms with Crippen molar-refractivity contribution in [1.82, 2.24) is 10.6 Å². The van der Waals surface area contributed by atoms with Gasteiger partial charge in [-0.3, -0.25) is 4.79 Å². The van der Waals surface area contributed by atoms with Crippen LogP contribution < -0.4 is 10.6 Å². The van der Waals surface area contributed by atoms with Gasteiger partial charge in [0.2, 0.25) is 5.91 Å². The maximum atomic E-state index is 11.8. The van der Waals surface area contributed by atoms with Gasteiger partial charge in [0.15, 0.2) is 0 Å². The summed E-state index contributed by atoms with van der Waals surface area (Å²) < 4.78 is 5.43. The molecule has 0 bridgehead atoms. The quantitative estimate of drug-likeness (QED) is 0.804. The molecular weight excluding hydrogens is 252 g/mol. The van der Waals surface area contributed by atoms with E-state index >= 15 is 0 Å². The molecule has 0 aromatic heterocycles. The second-order valence-corrected chi connectivity index (χ2v) is 5.79. The summed E-state index contributed by atoms with van der Waals surface area (Å²) in [6.07, 6.45) is 0. The van der Waals surface area contributed by atoms with Gasteiger partial charge in [-0.05, 0) is 38.8 Å². The molecule has 0 spiro atoms. The van der Waals surface area contributed by atoms with E-state index in [1.807, 2.05) is 52.0 Å². The van der Waals surface area contributed by atoms with Crippen molar-refractivity contribution < 1.29 is 9.53 Å². The lowest BCUT2D eigenvalue weighted by molar-refractivity contribution is -0.120. The van der Waals surface area contributed by atoms with Gasteiger partial charge in [-0.1, -0.05) is 24.3 Å². The zero-order chi connectivity index (χ0) is 15.0. The summed E-state index contributed by atoms with van der Waals surface area (Å²) >= 11 is 0. The minimum atomic E-state index is -0.0514. The highest BCUT2D eigenvalue weighted by Gasteiger charge is 2.11. The van der Waals surface area contributed by atoms with Crippen LogP contribution >= 0.6 is 0 Å². The molecule has 0 saturated carbocycles. The molecule has 2 N–H and O–H groups in total. The van der Waals surface area contributed by atoms with Crippen LogP contribution in [0.3, 0.4) is 0 Å². The normalized spacial score (nSPS) is 11.4. The molecule has 1 amide bonds. The van der Waals surface area contributed by atoms with Crippen LogP contribution in [0.1, 0.15) is 38.8 Å². The van der Waals surface area contributed by atoms with Crippen LogP contribution in [0.4, 0.5) is 0 Å². The molecule has 4 nitrogen and oxygen atoms in total. The molecule has 0 unspecified atom stereocenters. The average molecular weight is 278 g/mol. The highest BCUT2D eigenvalue weighted by atomic mass is 16.5. The fraction of sp³-hybridized carbons (Fsp3) is 0.562. The number of nitrogens with one attached hydrogen (secondary N) is 2. The van der Waals surface area contributed by atoms with Crippen molar-refractivity contribution >= 4 is 5.91 Å². The molecule has 112 valence electrons. The Bertz CT molecular complexity index is 425. The predicted octanol–water partition coefficient (Wildman–Crippen LogP) is 2.23. The number of carbonyl (C=O) groups is 1. The Morgan fingerprint density at radius 3 is 2.45 bits per heavy atom. The first-order valence-corrected chi connectivity index (χ1v) is 7.08. The van der Waals surface area contributed by atoms with Crippen molar-refractivity contribution in [1.29, 1.82) is 0 Å². The lowest BCUT2D eigenvalue weighted by atomic mass is 10.1. The minimum absolute atomic E-state index is 0.00568. The molecule has 0 heterocycles. The second-order valence-electron chi connectivity index (χ2n) is 5.79. The van der Waals surface area contributed by atoms with Gasteiger partial charge in [0.05, 0.1) is 13.2 Å². The lowest BCUT2D eigenvalue weighted by Gasteiger charge is -2.20. The van der Waals surface area contributed by atoms with Gasteiger partial charge >= 0.3 is 0 Å². The maximum Gasteiger partial charge on any atom is 0.234 e. The van der Waals surface area contributed by atoms with E-state index in [1.165, 1.54) is 0 Å².